The van der Waals surface area contributed by atoms with Crippen molar-refractivity contribution in [2.45, 2.75) is 39.0 Å². The van der Waals surface area contributed by atoms with Crippen LogP contribution in [-0.4, -0.2) is 0 Å². The molecule has 0 bridgehead atoms. The van der Waals surface area contributed by atoms with Gasteiger partial charge in [0.2, 0.25) is 0 Å². The van der Waals surface area contributed by atoms with Gasteiger partial charge in [0.05, 0.1) is 0 Å². The fourth-order valence-electron chi connectivity index (χ4n) is 5.04. The quantitative estimate of drug-likeness (QED) is 0.436. The van der Waals surface area contributed by atoms with Gasteiger partial charge in [-0.15, -0.1) is 0 Å². The van der Waals surface area contributed by atoms with Crippen molar-refractivity contribution in [2.24, 2.45) is 5.92 Å². The Morgan fingerprint density at radius 2 is 1.37 bits per heavy atom. The van der Waals surface area contributed by atoms with Crippen LogP contribution in [0.5, 0.6) is 0 Å². The Kier molecular flexibility index (Phi) is 3.49. The average Bonchev–Trinajstić information content (AvgIpc) is 2.92. The average molecular weight is 351 g/mol. The SMILES string of the molecule is CC1C=C(c2ccc3c(c2)C(C)(C)c2ccccc2-3)c2ccccc2C1C. The molecule has 0 heterocycles. The van der Waals surface area contributed by atoms with E-state index < -0.39 is 0 Å². The summed E-state index contributed by atoms with van der Waals surface area (Å²) < 4.78 is 0. The van der Waals surface area contributed by atoms with Crippen LogP contribution >= 0.6 is 0 Å². The van der Waals surface area contributed by atoms with Crippen LogP contribution in [0.15, 0.2) is 72.8 Å². The molecule has 0 saturated carbocycles. The van der Waals surface area contributed by atoms with Gasteiger partial charge in [-0.3, -0.25) is 0 Å². The van der Waals surface area contributed by atoms with Gasteiger partial charge in [0.1, 0.15) is 0 Å². The van der Waals surface area contributed by atoms with Gasteiger partial charge in [0.15, 0.2) is 0 Å². The molecule has 5 rings (SSSR count). The minimum atomic E-state index is 0.0512. The first-order chi connectivity index (χ1) is 13.0. The number of hydrogen-bond acceptors (Lipinski definition) is 0. The van der Waals surface area contributed by atoms with Crippen LogP contribution in [-0.2, 0) is 5.41 Å². The van der Waals surface area contributed by atoms with Crippen molar-refractivity contribution < 1.29 is 0 Å². The van der Waals surface area contributed by atoms with Crippen LogP contribution in [0.2, 0.25) is 0 Å². The summed E-state index contributed by atoms with van der Waals surface area (Å²) in [5.41, 5.74) is 11.3. The van der Waals surface area contributed by atoms with Crippen LogP contribution in [0, 0.1) is 5.92 Å². The van der Waals surface area contributed by atoms with Gasteiger partial charge in [0.25, 0.3) is 0 Å². The predicted molar refractivity (Wildman–Crippen MR) is 115 cm³/mol. The van der Waals surface area contributed by atoms with Gasteiger partial charge in [-0.2, -0.15) is 0 Å². The topological polar surface area (TPSA) is 0 Å². The minimum Gasteiger partial charge on any atom is -0.0726 e. The van der Waals surface area contributed by atoms with Gasteiger partial charge in [-0.1, -0.05) is 94.4 Å². The molecule has 0 spiro atoms. The molecular formula is C27H26. The van der Waals surface area contributed by atoms with Crippen LogP contribution in [0.1, 0.15) is 61.4 Å². The van der Waals surface area contributed by atoms with E-state index in [0.717, 1.165) is 0 Å². The highest BCUT2D eigenvalue weighted by Crippen LogP contribution is 2.50. The summed E-state index contributed by atoms with van der Waals surface area (Å²) in [5.74, 6) is 1.12. The van der Waals surface area contributed by atoms with Gasteiger partial charge in [-0.25, -0.2) is 0 Å². The molecule has 27 heavy (non-hydrogen) atoms. The van der Waals surface area contributed by atoms with Crippen molar-refractivity contribution in [1.82, 2.24) is 0 Å². The smallest absolute Gasteiger partial charge is 0.0159 e. The van der Waals surface area contributed by atoms with E-state index in [-0.39, 0.29) is 5.41 Å². The Bertz CT molecular complexity index is 1080. The predicted octanol–water partition coefficient (Wildman–Crippen LogP) is 7.18. The summed E-state index contributed by atoms with van der Waals surface area (Å²) in [5, 5.41) is 0. The van der Waals surface area contributed by atoms with Crippen LogP contribution in [0.4, 0.5) is 0 Å². The molecule has 0 nitrogen and oxygen atoms in total. The van der Waals surface area contributed by atoms with Crippen molar-refractivity contribution in [3.63, 3.8) is 0 Å². The molecule has 0 N–H and O–H groups in total. The van der Waals surface area contributed by atoms with Gasteiger partial charge < -0.3 is 0 Å². The Balaban J connectivity index is 1.70. The van der Waals surface area contributed by atoms with E-state index in [0.29, 0.717) is 11.8 Å². The molecule has 0 radical (unpaired) electrons. The summed E-state index contributed by atoms with van der Waals surface area (Å²) in [6.07, 6.45) is 2.48. The summed E-state index contributed by atoms with van der Waals surface area (Å²) in [6, 6.07) is 24.9. The highest BCUT2D eigenvalue weighted by Gasteiger charge is 2.35. The number of hydrogen-bond donors (Lipinski definition) is 0. The van der Waals surface area contributed by atoms with Gasteiger partial charge in [0, 0.05) is 5.41 Å². The standard InChI is InChI=1S/C27H26/c1-17-15-24(21-10-6-5-9-20(21)18(17)2)19-13-14-23-22-11-7-8-12-25(22)27(3,4)26(23)16-19/h5-18H,1-4H3. The first-order valence-corrected chi connectivity index (χ1v) is 10.0. The van der Waals surface area contributed by atoms with E-state index >= 15 is 0 Å². The zero-order valence-electron chi connectivity index (χ0n) is 16.6. The second kappa shape index (κ2) is 5.70. The van der Waals surface area contributed by atoms with Crippen LogP contribution in [0.25, 0.3) is 16.7 Å². The van der Waals surface area contributed by atoms with Crippen molar-refractivity contribution in [3.05, 3.63) is 101 Å². The number of fused-ring (bicyclic) bond motifs is 4. The van der Waals surface area contributed by atoms with E-state index in [1.807, 2.05) is 0 Å². The third-order valence-corrected chi connectivity index (χ3v) is 6.85. The van der Waals surface area contributed by atoms with Crippen molar-refractivity contribution in [2.75, 3.05) is 0 Å². The molecule has 0 amide bonds. The maximum absolute atomic E-state index is 2.48. The lowest BCUT2D eigenvalue weighted by atomic mass is 9.75. The van der Waals surface area contributed by atoms with E-state index in [1.165, 1.54) is 44.5 Å². The minimum absolute atomic E-state index is 0.0512. The van der Waals surface area contributed by atoms with Crippen molar-refractivity contribution in [1.29, 1.82) is 0 Å². The Morgan fingerprint density at radius 1 is 0.704 bits per heavy atom. The molecule has 0 fully saturated rings. The number of benzene rings is 3. The second-order valence-electron chi connectivity index (χ2n) is 8.75. The van der Waals surface area contributed by atoms with E-state index in [2.05, 4.69) is 101 Å². The molecule has 0 aromatic heterocycles. The number of allylic oxidation sites excluding steroid dienone is 1. The molecule has 134 valence electrons. The summed E-state index contributed by atoms with van der Waals surface area (Å²) >= 11 is 0. The number of rotatable bonds is 1. The summed E-state index contributed by atoms with van der Waals surface area (Å²) in [7, 11) is 0. The van der Waals surface area contributed by atoms with E-state index in [4.69, 9.17) is 0 Å². The summed E-state index contributed by atoms with van der Waals surface area (Å²) in [4.78, 5) is 0. The third-order valence-electron chi connectivity index (χ3n) is 6.85. The molecular weight excluding hydrogens is 324 g/mol. The monoisotopic (exact) mass is 350 g/mol. The van der Waals surface area contributed by atoms with Gasteiger partial charge >= 0.3 is 0 Å². The lowest BCUT2D eigenvalue weighted by molar-refractivity contribution is 0.583. The fourth-order valence-corrected chi connectivity index (χ4v) is 5.04. The largest absolute Gasteiger partial charge is 0.0726 e. The normalized spacial score (nSPS) is 21.9. The zero-order chi connectivity index (χ0) is 18.8. The lowest BCUT2D eigenvalue weighted by Gasteiger charge is -2.29. The Labute approximate surface area is 162 Å². The fraction of sp³-hybridized carbons (Fsp3) is 0.259. The molecule has 0 heteroatoms. The first-order valence-electron chi connectivity index (χ1n) is 10.0. The molecule has 3 aromatic carbocycles. The molecule has 0 aliphatic heterocycles. The Morgan fingerprint density at radius 3 is 2.19 bits per heavy atom. The molecule has 3 aromatic rings. The maximum atomic E-state index is 2.48. The van der Waals surface area contributed by atoms with Gasteiger partial charge in [-0.05, 0) is 62.4 Å². The second-order valence-corrected chi connectivity index (χ2v) is 8.75. The van der Waals surface area contributed by atoms with E-state index in [1.54, 1.807) is 0 Å². The summed E-state index contributed by atoms with van der Waals surface area (Å²) in [6.45, 7) is 9.40. The zero-order valence-corrected chi connectivity index (χ0v) is 16.6. The molecule has 0 saturated heterocycles. The maximum Gasteiger partial charge on any atom is 0.0159 e. The van der Waals surface area contributed by atoms with E-state index in [9.17, 15) is 0 Å². The third kappa shape index (κ3) is 2.29. The lowest BCUT2D eigenvalue weighted by Crippen LogP contribution is -2.16. The highest BCUT2D eigenvalue weighted by molar-refractivity contribution is 5.87. The highest BCUT2D eigenvalue weighted by atomic mass is 14.4. The molecule has 2 atom stereocenters. The van der Waals surface area contributed by atoms with Crippen LogP contribution < -0.4 is 0 Å². The molecule has 2 unspecified atom stereocenters. The molecule has 2 aliphatic carbocycles. The van der Waals surface area contributed by atoms with Crippen LogP contribution in [0.3, 0.4) is 0 Å². The van der Waals surface area contributed by atoms with Crippen molar-refractivity contribution >= 4 is 5.57 Å². The first kappa shape index (κ1) is 16.6. The van der Waals surface area contributed by atoms with Crippen molar-refractivity contribution in [3.8, 4) is 11.1 Å². The Hall–Kier alpha value is -2.60. The molecule has 2 aliphatic rings.